The first kappa shape index (κ1) is 26.8. The van der Waals surface area contributed by atoms with Crippen molar-refractivity contribution in [1.29, 1.82) is 5.41 Å². The number of carbonyl (C=O) groups is 1. The van der Waals surface area contributed by atoms with Crippen LogP contribution in [0.15, 0.2) is 18.0 Å². The Morgan fingerprint density at radius 3 is 2.52 bits per heavy atom. The van der Waals surface area contributed by atoms with Gasteiger partial charge in [-0.2, -0.15) is 18.3 Å². The number of carbonyl (C=O) groups excluding carboxylic acids is 1. The number of hydrogen-bond acceptors (Lipinski definition) is 7. The number of amides is 2. The Hall–Kier alpha value is -3.42. The fourth-order valence-corrected chi connectivity index (χ4v) is 5.61. The predicted molar refractivity (Wildman–Crippen MR) is 142 cm³/mol. The van der Waals surface area contributed by atoms with Crippen LogP contribution in [0.4, 0.5) is 28.2 Å². The van der Waals surface area contributed by atoms with Crippen LogP contribution in [0, 0.1) is 11.3 Å². The summed E-state index contributed by atoms with van der Waals surface area (Å²) in [7, 11) is 0. The third-order valence-corrected chi connectivity index (χ3v) is 8.49. The highest BCUT2D eigenvalue weighted by atomic mass is 19.4. The Balaban J connectivity index is 1.29. The second-order valence-electron chi connectivity index (χ2n) is 12.3. The maximum atomic E-state index is 14.7. The quantitative estimate of drug-likeness (QED) is 0.316. The van der Waals surface area contributed by atoms with Crippen molar-refractivity contribution in [2.45, 2.75) is 69.0 Å². The zero-order valence-electron chi connectivity index (χ0n) is 22.4. The van der Waals surface area contributed by atoms with Gasteiger partial charge in [0.1, 0.15) is 5.67 Å². The van der Waals surface area contributed by atoms with Gasteiger partial charge in [0.15, 0.2) is 5.82 Å². The van der Waals surface area contributed by atoms with E-state index < -0.39 is 17.8 Å². The van der Waals surface area contributed by atoms with Crippen LogP contribution in [-0.2, 0) is 6.54 Å². The van der Waals surface area contributed by atoms with Crippen molar-refractivity contribution >= 4 is 34.7 Å². The van der Waals surface area contributed by atoms with E-state index in [1.165, 1.54) is 29.6 Å². The topological polar surface area (TPSA) is 128 Å². The summed E-state index contributed by atoms with van der Waals surface area (Å²) in [5.74, 6) is -1.15. The molecule has 2 amide bonds. The summed E-state index contributed by atoms with van der Waals surface area (Å²) < 4.78 is 55.3. The lowest BCUT2D eigenvalue weighted by molar-refractivity contribution is -0.180. The first-order valence-corrected chi connectivity index (χ1v) is 13.4. The van der Waals surface area contributed by atoms with Crippen molar-refractivity contribution in [3.8, 4) is 0 Å². The summed E-state index contributed by atoms with van der Waals surface area (Å²) in [6.07, 6.45) is 1.98. The number of urea groups is 1. The molecule has 6 rings (SSSR count). The Morgan fingerprint density at radius 2 is 1.95 bits per heavy atom. The Labute approximate surface area is 228 Å². The molecule has 0 aromatic carbocycles. The lowest BCUT2D eigenvalue weighted by Crippen LogP contribution is -2.63. The average Bonchev–Trinajstić information content (AvgIpc) is 3.75. The molecule has 2 aromatic heterocycles. The molecule has 216 valence electrons. The number of nitrogens with one attached hydrogen (secondary N) is 3. The number of aromatic nitrogens is 3. The maximum absolute atomic E-state index is 14.7. The minimum Gasteiger partial charge on any atom is -0.395 e. The molecule has 2 aromatic rings. The molecule has 0 radical (unpaired) electrons. The number of alkyl halides is 4. The molecule has 2 saturated carbocycles. The van der Waals surface area contributed by atoms with Crippen LogP contribution in [0.25, 0.3) is 16.6 Å². The van der Waals surface area contributed by atoms with Gasteiger partial charge in [0.25, 0.3) is 0 Å². The number of fused-ring (bicyclic) bond motifs is 1. The zero-order valence-corrected chi connectivity index (χ0v) is 22.4. The molecular formula is C26H33F4N9O. The summed E-state index contributed by atoms with van der Waals surface area (Å²) in [6.45, 7) is 3.49. The molecule has 4 heterocycles. The van der Waals surface area contributed by atoms with Gasteiger partial charge in [0.2, 0.25) is 0 Å². The number of hydrogen-bond donors (Lipinski definition) is 4. The summed E-state index contributed by atoms with van der Waals surface area (Å²) in [4.78, 5) is 21.1. The van der Waals surface area contributed by atoms with Gasteiger partial charge in [0, 0.05) is 44.1 Å². The molecule has 2 saturated heterocycles. The van der Waals surface area contributed by atoms with E-state index in [0.717, 1.165) is 38.4 Å². The van der Waals surface area contributed by atoms with Gasteiger partial charge >= 0.3 is 12.2 Å². The Morgan fingerprint density at radius 1 is 1.25 bits per heavy atom. The highest BCUT2D eigenvalue weighted by molar-refractivity contribution is 5.96. The lowest BCUT2D eigenvalue weighted by atomic mass is 9.99. The van der Waals surface area contributed by atoms with Crippen LogP contribution >= 0.6 is 0 Å². The normalized spacial score (nSPS) is 22.4. The summed E-state index contributed by atoms with van der Waals surface area (Å²) >= 11 is 0. The second kappa shape index (κ2) is 8.79. The molecule has 4 aliphatic rings. The SMILES string of the molecule is CC(C)(F)Cn1nc(N2CC(C(F)(F)F)C2)c2cnc(/C(N)=C(/C=N)NC(=O)N3CC4(CC4)NCC34CC4)cc21. The molecule has 0 atom stereocenters. The maximum Gasteiger partial charge on any atom is 0.395 e. The standard InChI is InChI=1S/C26H33F4N9O/c1-23(2,27)13-39-19-7-17(33-9-16(19)21(36-39)37-10-15(11-37)26(28,29)30)20(32)18(8-31)35-22(40)38-14-24(3-4-24)34-12-25(38)5-6-25/h7-9,15,31,34H,3-6,10-14,32H2,1-2H3,(H,35,40)/b20-18+,31-8?. The third-order valence-electron chi connectivity index (χ3n) is 8.49. The highest BCUT2D eigenvalue weighted by Gasteiger charge is 2.59. The molecule has 4 fully saturated rings. The number of anilines is 1. The van der Waals surface area contributed by atoms with Gasteiger partial charge in [-0.05, 0) is 45.6 Å². The third kappa shape index (κ3) is 4.75. The zero-order chi connectivity index (χ0) is 28.7. The van der Waals surface area contributed by atoms with Crippen LogP contribution in [0.2, 0.25) is 0 Å². The van der Waals surface area contributed by atoms with Crippen molar-refractivity contribution < 1.29 is 22.4 Å². The number of nitrogens with zero attached hydrogens (tertiary/aromatic N) is 5. The van der Waals surface area contributed by atoms with Crippen LogP contribution in [0.5, 0.6) is 0 Å². The smallest absolute Gasteiger partial charge is 0.395 e. The van der Waals surface area contributed by atoms with E-state index >= 15 is 0 Å². The van der Waals surface area contributed by atoms with Crippen LogP contribution < -0.4 is 21.3 Å². The van der Waals surface area contributed by atoms with E-state index in [1.54, 1.807) is 6.07 Å². The summed E-state index contributed by atoms with van der Waals surface area (Å²) in [5, 5.41) is 19.2. The second-order valence-corrected chi connectivity index (χ2v) is 12.3. The van der Waals surface area contributed by atoms with Crippen LogP contribution in [0.1, 0.15) is 45.2 Å². The number of nitrogens with two attached hydrogens (primary N) is 1. The fraction of sp³-hybridized carbons (Fsp3) is 0.615. The number of allylic oxidation sites excluding steroid dienone is 1. The molecule has 5 N–H and O–H groups in total. The van der Waals surface area contributed by atoms with Gasteiger partial charge in [-0.25, -0.2) is 9.18 Å². The predicted octanol–water partition coefficient (Wildman–Crippen LogP) is 3.13. The molecular weight excluding hydrogens is 530 g/mol. The monoisotopic (exact) mass is 563 g/mol. The highest BCUT2D eigenvalue weighted by Crippen LogP contribution is 2.49. The number of halogens is 4. The largest absolute Gasteiger partial charge is 0.395 e. The van der Waals surface area contributed by atoms with Crippen LogP contribution in [0.3, 0.4) is 0 Å². The van der Waals surface area contributed by atoms with Crippen molar-refractivity contribution in [3.05, 3.63) is 23.7 Å². The van der Waals surface area contributed by atoms with Gasteiger partial charge in [-0.15, -0.1) is 0 Å². The molecule has 0 bridgehead atoms. The number of piperazine rings is 1. The van der Waals surface area contributed by atoms with Gasteiger partial charge < -0.3 is 31.6 Å². The van der Waals surface area contributed by atoms with E-state index in [-0.39, 0.29) is 53.8 Å². The molecule has 0 unspecified atom stereocenters. The minimum absolute atomic E-state index is 0.0191. The molecule has 2 aliphatic heterocycles. The molecule has 2 spiro atoms. The van der Waals surface area contributed by atoms with Gasteiger partial charge in [0.05, 0.1) is 46.0 Å². The van der Waals surface area contributed by atoms with Crippen molar-refractivity contribution in [1.82, 2.24) is 30.3 Å². The van der Waals surface area contributed by atoms with Gasteiger partial charge in [-0.1, -0.05) is 0 Å². The van der Waals surface area contributed by atoms with E-state index in [9.17, 15) is 22.4 Å². The first-order chi connectivity index (χ1) is 18.7. The average molecular weight is 564 g/mol. The number of pyridine rings is 1. The fourth-order valence-electron chi connectivity index (χ4n) is 5.61. The van der Waals surface area contributed by atoms with Crippen molar-refractivity contribution in [2.24, 2.45) is 11.7 Å². The van der Waals surface area contributed by atoms with E-state index in [2.05, 4.69) is 20.7 Å². The van der Waals surface area contributed by atoms with Crippen molar-refractivity contribution in [2.75, 3.05) is 31.1 Å². The van der Waals surface area contributed by atoms with Crippen molar-refractivity contribution in [3.63, 3.8) is 0 Å². The summed E-state index contributed by atoms with van der Waals surface area (Å²) in [6, 6.07) is 1.24. The molecule has 14 heteroatoms. The summed E-state index contributed by atoms with van der Waals surface area (Å²) in [5.41, 5.74) is 5.30. The van der Waals surface area contributed by atoms with E-state index in [4.69, 9.17) is 11.1 Å². The molecule has 2 aliphatic carbocycles. The van der Waals surface area contributed by atoms with E-state index in [0.29, 0.717) is 23.3 Å². The Kier molecular flexibility index (Phi) is 5.88. The lowest BCUT2D eigenvalue weighted by Gasteiger charge is -2.41. The van der Waals surface area contributed by atoms with E-state index in [1.807, 2.05) is 4.90 Å². The Bertz CT molecular complexity index is 1400. The van der Waals surface area contributed by atoms with Gasteiger partial charge in [-0.3, -0.25) is 9.67 Å². The minimum atomic E-state index is -4.29. The van der Waals surface area contributed by atoms with Crippen LogP contribution in [-0.4, -0.2) is 81.0 Å². The first-order valence-electron chi connectivity index (χ1n) is 13.4. The molecule has 10 nitrogen and oxygen atoms in total. The number of rotatable bonds is 6. The molecule has 40 heavy (non-hydrogen) atoms.